The third kappa shape index (κ3) is 5.68. The van der Waals surface area contributed by atoms with Gasteiger partial charge in [-0.15, -0.1) is 0 Å². The highest BCUT2D eigenvalue weighted by atomic mass is 19.4. The molecule has 0 spiro atoms. The molecule has 1 aromatic heterocycles. The summed E-state index contributed by atoms with van der Waals surface area (Å²) in [5, 5.41) is 10.6. The van der Waals surface area contributed by atoms with Crippen LogP contribution >= 0.6 is 0 Å². The third-order valence-electron chi connectivity index (χ3n) is 3.64. The smallest absolute Gasteiger partial charge is 0.434 e. The Bertz CT molecular complexity index is 793. The first kappa shape index (κ1) is 24.4. The summed E-state index contributed by atoms with van der Waals surface area (Å²) in [4.78, 5) is 39.4. The molecule has 0 atom stereocenters. The second-order valence-corrected chi connectivity index (χ2v) is 6.27. The Balaban J connectivity index is 4.00. The zero-order chi connectivity index (χ0) is 22.5. The number of ketones is 1. The summed E-state index contributed by atoms with van der Waals surface area (Å²) in [6, 6.07) is 0. The topological polar surface area (TPSA) is 106 Å². The van der Waals surface area contributed by atoms with Crippen molar-refractivity contribution < 1.29 is 46.2 Å². The van der Waals surface area contributed by atoms with Crippen LogP contribution in [0.25, 0.3) is 0 Å². The van der Waals surface area contributed by atoms with E-state index >= 15 is 0 Å². The van der Waals surface area contributed by atoms with E-state index in [-0.39, 0.29) is 0 Å². The zero-order valence-electron chi connectivity index (χ0n) is 15.7. The lowest BCUT2D eigenvalue weighted by Gasteiger charge is -2.21. The van der Waals surface area contributed by atoms with Crippen molar-refractivity contribution in [3.63, 3.8) is 0 Å². The number of halogens is 5. The van der Waals surface area contributed by atoms with Crippen molar-refractivity contribution in [2.24, 2.45) is 5.92 Å². The van der Waals surface area contributed by atoms with Crippen molar-refractivity contribution in [3.8, 4) is 0 Å². The Morgan fingerprint density at radius 2 is 1.76 bits per heavy atom. The van der Waals surface area contributed by atoms with Gasteiger partial charge < -0.3 is 15.2 Å². The van der Waals surface area contributed by atoms with Gasteiger partial charge in [0.15, 0.2) is 5.69 Å². The Morgan fingerprint density at radius 3 is 2.17 bits per heavy atom. The summed E-state index contributed by atoms with van der Waals surface area (Å²) in [7, 11) is 0.823. The minimum atomic E-state index is -5.37. The molecule has 0 saturated heterocycles. The van der Waals surface area contributed by atoms with E-state index in [4.69, 9.17) is 5.11 Å². The van der Waals surface area contributed by atoms with Gasteiger partial charge in [0.1, 0.15) is 5.69 Å². The maximum Gasteiger partial charge on any atom is 0.434 e. The minimum absolute atomic E-state index is 0.413. The first-order valence-electron chi connectivity index (χ1n) is 8.30. The summed E-state index contributed by atoms with van der Waals surface area (Å²) in [5.74, 6) is -5.14. The van der Waals surface area contributed by atoms with E-state index in [0.717, 1.165) is 7.11 Å². The number of alkyl halides is 5. The van der Waals surface area contributed by atoms with Gasteiger partial charge in [-0.25, -0.2) is 18.6 Å². The largest absolute Gasteiger partial charge is 0.465 e. The SMILES string of the molecule is COC(=O)c1c(C(F)F)nc(C(F)(F)F)c(C(=O)C(=O)NCCO)c1CC(C)C. The van der Waals surface area contributed by atoms with Crippen LogP contribution in [0.4, 0.5) is 22.0 Å². The van der Waals surface area contributed by atoms with Gasteiger partial charge in [0.25, 0.3) is 18.1 Å². The fourth-order valence-electron chi connectivity index (χ4n) is 2.57. The molecule has 1 aromatic rings. The number of pyridine rings is 1. The van der Waals surface area contributed by atoms with Crippen molar-refractivity contribution >= 4 is 17.7 Å². The number of aliphatic hydroxyl groups excluding tert-OH is 1. The molecule has 29 heavy (non-hydrogen) atoms. The van der Waals surface area contributed by atoms with Crippen molar-refractivity contribution in [3.05, 3.63) is 28.1 Å². The zero-order valence-corrected chi connectivity index (χ0v) is 15.7. The Kier molecular flexibility index (Phi) is 8.18. The van der Waals surface area contributed by atoms with Crippen molar-refractivity contribution in [1.29, 1.82) is 0 Å². The Morgan fingerprint density at radius 1 is 1.17 bits per heavy atom. The molecule has 7 nitrogen and oxygen atoms in total. The van der Waals surface area contributed by atoms with Crippen LogP contribution in [-0.2, 0) is 22.1 Å². The molecule has 0 aromatic carbocycles. The lowest BCUT2D eigenvalue weighted by molar-refractivity contribution is -0.141. The van der Waals surface area contributed by atoms with Crippen molar-refractivity contribution in [2.45, 2.75) is 32.9 Å². The normalized spacial score (nSPS) is 11.7. The van der Waals surface area contributed by atoms with Gasteiger partial charge in [-0.1, -0.05) is 13.8 Å². The number of Topliss-reactive ketones (excluding diaryl/α,β-unsaturated/α-hetero) is 1. The summed E-state index contributed by atoms with van der Waals surface area (Å²) in [6.45, 7) is 1.99. The summed E-state index contributed by atoms with van der Waals surface area (Å²) < 4.78 is 71.9. The standard InChI is InChI=1S/C17H19F5N2O5/c1-7(2)6-8-9(16(28)29-3)11(14(18)19)24-13(17(20,21)22)10(8)12(26)15(27)23-4-5-25/h7,14,25H,4-6H2,1-3H3,(H,23,27). The minimum Gasteiger partial charge on any atom is -0.465 e. The second kappa shape index (κ2) is 9.72. The molecular formula is C17H19F5N2O5. The summed E-state index contributed by atoms with van der Waals surface area (Å²) >= 11 is 0. The number of hydrogen-bond acceptors (Lipinski definition) is 6. The number of carbonyl (C=O) groups excluding carboxylic acids is 3. The van der Waals surface area contributed by atoms with E-state index in [0.29, 0.717) is 0 Å². The summed E-state index contributed by atoms with van der Waals surface area (Å²) in [5.41, 5.74) is -6.48. The first-order valence-corrected chi connectivity index (χ1v) is 8.30. The molecule has 2 N–H and O–H groups in total. The number of hydrogen-bond donors (Lipinski definition) is 2. The number of ether oxygens (including phenoxy) is 1. The molecule has 1 heterocycles. The molecule has 0 bridgehead atoms. The number of nitrogens with one attached hydrogen (secondary N) is 1. The number of aromatic nitrogens is 1. The van der Waals surface area contributed by atoms with Crippen molar-refractivity contribution in [2.75, 3.05) is 20.3 Å². The van der Waals surface area contributed by atoms with Crippen LogP contribution in [-0.4, -0.2) is 48.0 Å². The van der Waals surface area contributed by atoms with Gasteiger partial charge in [0.05, 0.1) is 24.8 Å². The maximum atomic E-state index is 13.6. The van der Waals surface area contributed by atoms with Gasteiger partial charge in [-0.3, -0.25) is 9.59 Å². The molecule has 0 saturated carbocycles. The molecule has 0 aliphatic rings. The average Bonchev–Trinajstić information content (AvgIpc) is 2.62. The van der Waals surface area contributed by atoms with Crippen LogP contribution in [0.3, 0.4) is 0 Å². The molecule has 162 valence electrons. The number of aliphatic hydroxyl groups is 1. The van der Waals surface area contributed by atoms with E-state index in [1.54, 1.807) is 0 Å². The number of nitrogens with zero attached hydrogens (tertiary/aromatic N) is 1. The van der Waals surface area contributed by atoms with E-state index in [9.17, 15) is 36.3 Å². The Labute approximate surface area is 162 Å². The van der Waals surface area contributed by atoms with Crippen LogP contribution in [0.15, 0.2) is 0 Å². The fraction of sp³-hybridized carbons (Fsp3) is 0.529. The van der Waals surface area contributed by atoms with Crippen LogP contribution in [0.5, 0.6) is 0 Å². The lowest BCUT2D eigenvalue weighted by atomic mass is 9.89. The molecule has 0 aliphatic heterocycles. The highest BCUT2D eigenvalue weighted by Crippen LogP contribution is 2.38. The van der Waals surface area contributed by atoms with E-state index < -0.39 is 83.8 Å². The van der Waals surface area contributed by atoms with Gasteiger partial charge in [0, 0.05) is 6.54 Å². The number of methoxy groups -OCH3 is 1. The first-order chi connectivity index (χ1) is 13.4. The second-order valence-electron chi connectivity index (χ2n) is 6.27. The average molecular weight is 426 g/mol. The molecular weight excluding hydrogens is 407 g/mol. The van der Waals surface area contributed by atoms with Crippen LogP contribution in [0, 0.1) is 5.92 Å². The number of carbonyl (C=O) groups is 3. The van der Waals surface area contributed by atoms with Gasteiger partial charge >= 0.3 is 12.1 Å². The van der Waals surface area contributed by atoms with E-state index in [1.807, 2.05) is 5.32 Å². The van der Waals surface area contributed by atoms with Gasteiger partial charge in [-0.05, 0) is 17.9 Å². The predicted molar refractivity (Wildman–Crippen MR) is 88.5 cm³/mol. The van der Waals surface area contributed by atoms with Crippen LogP contribution in [0.1, 0.15) is 57.9 Å². The number of rotatable bonds is 8. The lowest BCUT2D eigenvalue weighted by Crippen LogP contribution is -2.36. The van der Waals surface area contributed by atoms with Crippen molar-refractivity contribution in [1.82, 2.24) is 10.3 Å². The quantitative estimate of drug-likeness (QED) is 0.286. The van der Waals surface area contributed by atoms with Crippen LogP contribution < -0.4 is 5.32 Å². The fourth-order valence-corrected chi connectivity index (χ4v) is 2.57. The molecule has 1 amide bonds. The third-order valence-corrected chi connectivity index (χ3v) is 3.64. The number of amides is 1. The van der Waals surface area contributed by atoms with Gasteiger partial charge in [0.2, 0.25) is 0 Å². The van der Waals surface area contributed by atoms with E-state index in [2.05, 4.69) is 9.72 Å². The maximum absolute atomic E-state index is 13.6. The molecule has 1 rings (SSSR count). The molecule has 0 radical (unpaired) electrons. The molecule has 0 unspecified atom stereocenters. The molecule has 0 fully saturated rings. The monoisotopic (exact) mass is 426 g/mol. The highest BCUT2D eigenvalue weighted by Gasteiger charge is 2.43. The van der Waals surface area contributed by atoms with Crippen LogP contribution in [0.2, 0.25) is 0 Å². The number of esters is 1. The summed E-state index contributed by atoms with van der Waals surface area (Å²) in [6.07, 6.45) is -9.36. The predicted octanol–water partition coefficient (Wildman–Crippen LogP) is 2.31. The highest BCUT2D eigenvalue weighted by molar-refractivity contribution is 6.43. The Hall–Kier alpha value is -2.63. The van der Waals surface area contributed by atoms with E-state index in [1.165, 1.54) is 13.8 Å². The molecule has 0 aliphatic carbocycles. The molecule has 12 heteroatoms. The van der Waals surface area contributed by atoms with Gasteiger partial charge in [-0.2, -0.15) is 13.2 Å².